The molecule has 0 radical (unpaired) electrons. The van der Waals surface area contributed by atoms with Crippen LogP contribution in [0.4, 0.5) is 0 Å². The van der Waals surface area contributed by atoms with Crippen LogP contribution in [-0.2, 0) is 0 Å². The van der Waals surface area contributed by atoms with Crippen molar-refractivity contribution in [2.75, 3.05) is 0 Å². The Balaban J connectivity index is 3.14. The molecule has 0 bridgehead atoms. The van der Waals surface area contributed by atoms with Crippen LogP contribution in [0, 0.1) is 0 Å². The molecule has 0 saturated heterocycles. The number of aromatic hydroxyl groups is 1. The van der Waals surface area contributed by atoms with Crippen molar-refractivity contribution in [1.29, 1.82) is 0 Å². The van der Waals surface area contributed by atoms with Gasteiger partial charge in [0.15, 0.2) is 0 Å². The topological polar surface area (TPSA) is 57.5 Å². The summed E-state index contributed by atoms with van der Waals surface area (Å²) in [6, 6.07) is 4.38. The summed E-state index contributed by atoms with van der Waals surface area (Å²) < 4.78 is 0. The number of benzene rings is 1. The summed E-state index contributed by atoms with van der Waals surface area (Å²) in [4.78, 5) is 10.7. The summed E-state index contributed by atoms with van der Waals surface area (Å²) >= 11 is 0. The SMILES string of the molecule is CCC(C)c1cc(C(=O)O)ccc1O. The first-order valence-electron chi connectivity index (χ1n) is 4.62. The van der Waals surface area contributed by atoms with Crippen molar-refractivity contribution in [3.63, 3.8) is 0 Å². The average Bonchev–Trinajstić information content (AvgIpc) is 2.17. The lowest BCUT2D eigenvalue weighted by molar-refractivity contribution is 0.0696. The Hall–Kier alpha value is -1.51. The summed E-state index contributed by atoms with van der Waals surface area (Å²) in [7, 11) is 0. The summed E-state index contributed by atoms with van der Waals surface area (Å²) in [5.74, 6) is -0.617. The molecule has 2 N–H and O–H groups in total. The summed E-state index contributed by atoms with van der Waals surface area (Å²) in [6.45, 7) is 3.96. The third-order valence-corrected chi connectivity index (χ3v) is 2.42. The first-order chi connectivity index (χ1) is 6.56. The molecular formula is C11H14O3. The van der Waals surface area contributed by atoms with Gasteiger partial charge in [-0.3, -0.25) is 0 Å². The van der Waals surface area contributed by atoms with Crippen LogP contribution < -0.4 is 0 Å². The number of hydrogen-bond acceptors (Lipinski definition) is 2. The number of carbonyl (C=O) groups is 1. The Bertz CT molecular complexity index is 344. The van der Waals surface area contributed by atoms with Gasteiger partial charge in [0.25, 0.3) is 0 Å². The van der Waals surface area contributed by atoms with Crippen LogP contribution in [0.5, 0.6) is 5.75 Å². The van der Waals surface area contributed by atoms with Gasteiger partial charge in [0.1, 0.15) is 5.75 Å². The molecular weight excluding hydrogens is 180 g/mol. The number of aromatic carboxylic acids is 1. The zero-order chi connectivity index (χ0) is 10.7. The summed E-state index contributed by atoms with van der Waals surface area (Å²) in [5.41, 5.74) is 0.922. The van der Waals surface area contributed by atoms with Gasteiger partial charge in [0.2, 0.25) is 0 Å². The Morgan fingerprint density at radius 1 is 1.50 bits per heavy atom. The zero-order valence-corrected chi connectivity index (χ0v) is 8.32. The summed E-state index contributed by atoms with van der Waals surface area (Å²) in [5, 5.41) is 18.3. The van der Waals surface area contributed by atoms with E-state index in [1.54, 1.807) is 0 Å². The Labute approximate surface area is 83.0 Å². The number of phenols is 1. The van der Waals surface area contributed by atoms with E-state index < -0.39 is 5.97 Å². The maximum absolute atomic E-state index is 10.7. The molecule has 1 rings (SSSR count). The molecule has 3 heteroatoms. The number of rotatable bonds is 3. The molecule has 1 aromatic carbocycles. The van der Waals surface area contributed by atoms with Crippen LogP contribution in [0.3, 0.4) is 0 Å². The Kier molecular flexibility index (Phi) is 3.12. The fourth-order valence-corrected chi connectivity index (χ4v) is 1.30. The predicted molar refractivity (Wildman–Crippen MR) is 53.8 cm³/mol. The first kappa shape index (κ1) is 10.6. The van der Waals surface area contributed by atoms with E-state index in [1.165, 1.54) is 18.2 Å². The molecule has 0 saturated carbocycles. The highest BCUT2D eigenvalue weighted by molar-refractivity contribution is 5.88. The van der Waals surface area contributed by atoms with E-state index in [4.69, 9.17) is 5.11 Å². The molecule has 0 aliphatic carbocycles. The van der Waals surface area contributed by atoms with Gasteiger partial charge in [-0.05, 0) is 36.1 Å². The maximum Gasteiger partial charge on any atom is 0.335 e. The molecule has 1 unspecified atom stereocenters. The lowest BCUT2D eigenvalue weighted by Crippen LogP contribution is -1.99. The number of carboxylic acids is 1. The molecule has 0 fully saturated rings. The van der Waals surface area contributed by atoms with Crippen molar-refractivity contribution in [3.05, 3.63) is 29.3 Å². The number of carboxylic acid groups (broad SMARTS) is 1. The largest absolute Gasteiger partial charge is 0.508 e. The average molecular weight is 194 g/mol. The molecule has 0 aromatic heterocycles. The molecule has 0 aliphatic heterocycles. The monoisotopic (exact) mass is 194 g/mol. The second kappa shape index (κ2) is 4.13. The Morgan fingerprint density at radius 2 is 2.14 bits per heavy atom. The molecule has 1 aromatic rings. The van der Waals surface area contributed by atoms with Crippen molar-refractivity contribution in [2.45, 2.75) is 26.2 Å². The van der Waals surface area contributed by atoms with Crippen LogP contribution in [-0.4, -0.2) is 16.2 Å². The van der Waals surface area contributed by atoms with Gasteiger partial charge < -0.3 is 10.2 Å². The van der Waals surface area contributed by atoms with Crippen molar-refractivity contribution in [2.24, 2.45) is 0 Å². The standard InChI is InChI=1S/C11H14O3/c1-3-7(2)9-6-8(11(13)14)4-5-10(9)12/h4-7,12H,3H2,1-2H3,(H,13,14). The van der Waals surface area contributed by atoms with E-state index >= 15 is 0 Å². The normalized spacial score (nSPS) is 12.4. The van der Waals surface area contributed by atoms with Crippen LogP contribution in [0.15, 0.2) is 18.2 Å². The van der Waals surface area contributed by atoms with Gasteiger partial charge in [0.05, 0.1) is 5.56 Å². The predicted octanol–water partition coefficient (Wildman–Crippen LogP) is 2.60. The van der Waals surface area contributed by atoms with Crippen LogP contribution >= 0.6 is 0 Å². The van der Waals surface area contributed by atoms with Crippen LogP contribution in [0.25, 0.3) is 0 Å². The highest BCUT2D eigenvalue weighted by Crippen LogP contribution is 2.28. The van der Waals surface area contributed by atoms with E-state index in [-0.39, 0.29) is 17.2 Å². The zero-order valence-electron chi connectivity index (χ0n) is 8.32. The van der Waals surface area contributed by atoms with Crippen molar-refractivity contribution < 1.29 is 15.0 Å². The molecule has 0 aliphatic rings. The molecule has 0 amide bonds. The fourth-order valence-electron chi connectivity index (χ4n) is 1.30. The Morgan fingerprint density at radius 3 is 2.64 bits per heavy atom. The molecule has 1 atom stereocenters. The smallest absolute Gasteiger partial charge is 0.335 e. The van der Waals surface area contributed by atoms with E-state index in [0.717, 1.165) is 6.42 Å². The van der Waals surface area contributed by atoms with E-state index in [9.17, 15) is 9.90 Å². The van der Waals surface area contributed by atoms with Gasteiger partial charge in [-0.2, -0.15) is 0 Å². The minimum atomic E-state index is -0.963. The van der Waals surface area contributed by atoms with Crippen LogP contribution in [0.1, 0.15) is 42.1 Å². The second-order valence-corrected chi connectivity index (χ2v) is 3.39. The minimum absolute atomic E-state index is 0.171. The molecule has 3 nitrogen and oxygen atoms in total. The molecule has 14 heavy (non-hydrogen) atoms. The van der Waals surface area contributed by atoms with E-state index in [2.05, 4.69) is 0 Å². The fraction of sp³-hybridized carbons (Fsp3) is 0.364. The molecule has 0 heterocycles. The lowest BCUT2D eigenvalue weighted by atomic mass is 9.96. The van der Waals surface area contributed by atoms with Crippen molar-refractivity contribution >= 4 is 5.97 Å². The number of phenolic OH excluding ortho intramolecular Hbond substituents is 1. The van der Waals surface area contributed by atoms with Gasteiger partial charge in [-0.15, -0.1) is 0 Å². The molecule has 0 spiro atoms. The second-order valence-electron chi connectivity index (χ2n) is 3.39. The van der Waals surface area contributed by atoms with Crippen molar-refractivity contribution in [1.82, 2.24) is 0 Å². The highest BCUT2D eigenvalue weighted by atomic mass is 16.4. The maximum atomic E-state index is 10.7. The number of hydrogen-bond donors (Lipinski definition) is 2. The lowest BCUT2D eigenvalue weighted by Gasteiger charge is -2.11. The first-order valence-corrected chi connectivity index (χ1v) is 4.62. The van der Waals surface area contributed by atoms with E-state index in [0.29, 0.717) is 5.56 Å². The highest BCUT2D eigenvalue weighted by Gasteiger charge is 2.11. The quantitative estimate of drug-likeness (QED) is 0.777. The van der Waals surface area contributed by atoms with E-state index in [1.807, 2.05) is 13.8 Å². The third-order valence-electron chi connectivity index (χ3n) is 2.42. The molecule has 76 valence electrons. The van der Waals surface area contributed by atoms with Gasteiger partial charge >= 0.3 is 5.97 Å². The van der Waals surface area contributed by atoms with Gasteiger partial charge in [0, 0.05) is 0 Å². The summed E-state index contributed by atoms with van der Waals surface area (Å²) in [6.07, 6.45) is 0.872. The third kappa shape index (κ3) is 2.05. The van der Waals surface area contributed by atoms with Crippen LogP contribution in [0.2, 0.25) is 0 Å². The van der Waals surface area contributed by atoms with Crippen molar-refractivity contribution in [3.8, 4) is 5.75 Å². The van der Waals surface area contributed by atoms with Gasteiger partial charge in [-0.25, -0.2) is 4.79 Å². The van der Waals surface area contributed by atoms with Gasteiger partial charge in [-0.1, -0.05) is 13.8 Å². The minimum Gasteiger partial charge on any atom is -0.508 e.